The average molecular weight is 307 g/mol. The van der Waals surface area contributed by atoms with E-state index >= 15 is 0 Å². The first kappa shape index (κ1) is 15.3. The Bertz CT molecular complexity index is 728. The van der Waals surface area contributed by atoms with E-state index in [1.165, 1.54) is 35.6 Å². The molecule has 2 aromatic rings. The molecule has 0 aliphatic carbocycles. The van der Waals surface area contributed by atoms with Crippen molar-refractivity contribution >= 4 is 10.0 Å². The van der Waals surface area contributed by atoms with Crippen LogP contribution < -0.4 is 4.74 Å². The molecule has 0 aliphatic heterocycles. The lowest BCUT2D eigenvalue weighted by atomic mass is 10.2. The number of ether oxygens (including phenoxy) is 1. The van der Waals surface area contributed by atoms with Gasteiger partial charge in [0.1, 0.15) is 11.5 Å². The van der Waals surface area contributed by atoms with Gasteiger partial charge in [-0.3, -0.25) is 0 Å². The van der Waals surface area contributed by atoms with Crippen LogP contribution in [0.2, 0.25) is 0 Å². The van der Waals surface area contributed by atoms with Gasteiger partial charge in [0, 0.05) is 19.2 Å². The second-order valence-electron chi connectivity index (χ2n) is 4.57. The molecule has 21 heavy (non-hydrogen) atoms. The highest BCUT2D eigenvalue weighted by molar-refractivity contribution is 7.89. The van der Waals surface area contributed by atoms with Crippen molar-refractivity contribution in [1.29, 1.82) is 0 Å². The topological polar surface area (TPSA) is 66.8 Å². The maximum Gasteiger partial charge on any atom is 0.243 e. The summed E-state index contributed by atoms with van der Waals surface area (Å²) in [6.07, 6.45) is 0. The van der Waals surface area contributed by atoms with Crippen LogP contribution in [0.15, 0.2) is 53.4 Å². The third-order valence-electron chi connectivity index (χ3n) is 3.11. The highest BCUT2D eigenvalue weighted by Gasteiger charge is 2.22. The molecule has 0 radical (unpaired) electrons. The maximum absolute atomic E-state index is 12.5. The van der Waals surface area contributed by atoms with Gasteiger partial charge < -0.3 is 9.84 Å². The molecule has 0 atom stereocenters. The SMILES string of the molecule is COc1ccccc1CN(C)S(=O)(=O)c1cccc(O)c1. The van der Waals surface area contributed by atoms with Gasteiger partial charge in [-0.1, -0.05) is 24.3 Å². The summed E-state index contributed by atoms with van der Waals surface area (Å²) in [5.41, 5.74) is 0.770. The van der Waals surface area contributed by atoms with E-state index in [0.717, 1.165) is 5.56 Å². The normalized spacial score (nSPS) is 11.6. The fourth-order valence-corrected chi connectivity index (χ4v) is 3.17. The standard InChI is InChI=1S/C15H17NO4S/c1-16(11-12-6-3-4-9-15(12)20-2)21(18,19)14-8-5-7-13(17)10-14/h3-10,17H,11H2,1-2H3. The highest BCUT2D eigenvalue weighted by Crippen LogP contribution is 2.24. The smallest absolute Gasteiger partial charge is 0.243 e. The molecule has 2 aromatic carbocycles. The quantitative estimate of drug-likeness (QED) is 0.920. The lowest BCUT2D eigenvalue weighted by Gasteiger charge is -2.18. The van der Waals surface area contributed by atoms with Gasteiger partial charge in [-0.15, -0.1) is 0 Å². The van der Waals surface area contributed by atoms with Gasteiger partial charge in [-0.05, 0) is 24.3 Å². The predicted molar refractivity (Wildman–Crippen MR) is 79.8 cm³/mol. The van der Waals surface area contributed by atoms with Crippen LogP contribution in [-0.2, 0) is 16.6 Å². The maximum atomic E-state index is 12.5. The van der Waals surface area contributed by atoms with E-state index in [4.69, 9.17) is 4.74 Å². The second-order valence-corrected chi connectivity index (χ2v) is 6.62. The van der Waals surface area contributed by atoms with Gasteiger partial charge in [-0.25, -0.2) is 8.42 Å². The van der Waals surface area contributed by atoms with Crippen LogP contribution in [0.1, 0.15) is 5.56 Å². The molecule has 5 nitrogen and oxygen atoms in total. The molecule has 1 N–H and O–H groups in total. The zero-order valence-corrected chi connectivity index (χ0v) is 12.7. The predicted octanol–water partition coefficient (Wildman–Crippen LogP) is 2.22. The monoisotopic (exact) mass is 307 g/mol. The fraction of sp³-hybridized carbons (Fsp3) is 0.200. The Hall–Kier alpha value is -2.05. The molecule has 2 rings (SSSR count). The lowest BCUT2D eigenvalue weighted by Crippen LogP contribution is -2.26. The molecule has 6 heteroatoms. The van der Waals surface area contributed by atoms with Crippen molar-refractivity contribution in [2.75, 3.05) is 14.2 Å². The molecule has 0 unspecified atom stereocenters. The Labute approximate surface area is 124 Å². The molecule has 0 aromatic heterocycles. The van der Waals surface area contributed by atoms with Crippen molar-refractivity contribution in [2.45, 2.75) is 11.4 Å². The Morgan fingerprint density at radius 2 is 1.86 bits per heavy atom. The van der Waals surface area contributed by atoms with Crippen molar-refractivity contribution in [3.63, 3.8) is 0 Å². The molecule has 112 valence electrons. The number of phenols is 1. The van der Waals surface area contributed by atoms with Gasteiger partial charge >= 0.3 is 0 Å². The Kier molecular flexibility index (Phi) is 4.50. The third-order valence-corrected chi connectivity index (χ3v) is 4.91. The van der Waals surface area contributed by atoms with Crippen LogP contribution in [0.25, 0.3) is 0 Å². The summed E-state index contributed by atoms with van der Waals surface area (Å²) >= 11 is 0. The lowest BCUT2D eigenvalue weighted by molar-refractivity contribution is 0.398. The number of para-hydroxylation sites is 1. The zero-order chi connectivity index (χ0) is 15.5. The molecule has 0 aliphatic rings. The average Bonchev–Trinajstić information content (AvgIpc) is 2.47. The summed E-state index contributed by atoms with van der Waals surface area (Å²) in [6, 6.07) is 12.9. The van der Waals surface area contributed by atoms with E-state index in [1.807, 2.05) is 18.2 Å². The molecule has 0 saturated carbocycles. The Morgan fingerprint density at radius 1 is 1.14 bits per heavy atom. The number of phenolic OH excluding ortho intramolecular Hbond substituents is 1. The van der Waals surface area contributed by atoms with Gasteiger partial charge in [0.05, 0.1) is 12.0 Å². The van der Waals surface area contributed by atoms with Crippen molar-refractivity contribution in [2.24, 2.45) is 0 Å². The number of aromatic hydroxyl groups is 1. The van der Waals surface area contributed by atoms with Crippen molar-refractivity contribution < 1.29 is 18.3 Å². The van der Waals surface area contributed by atoms with E-state index in [1.54, 1.807) is 13.2 Å². The molecule has 0 fully saturated rings. The van der Waals surface area contributed by atoms with Crippen LogP contribution in [0.4, 0.5) is 0 Å². The summed E-state index contributed by atoms with van der Waals surface area (Å²) in [5.74, 6) is 0.553. The Balaban J connectivity index is 2.29. The number of hydrogen-bond acceptors (Lipinski definition) is 4. The number of benzene rings is 2. The van der Waals surface area contributed by atoms with E-state index in [9.17, 15) is 13.5 Å². The van der Waals surface area contributed by atoms with E-state index in [-0.39, 0.29) is 17.2 Å². The number of sulfonamides is 1. The van der Waals surface area contributed by atoms with E-state index in [0.29, 0.717) is 5.75 Å². The summed E-state index contributed by atoms with van der Waals surface area (Å²) in [4.78, 5) is 0.0555. The number of hydrogen-bond donors (Lipinski definition) is 1. The van der Waals surface area contributed by atoms with E-state index in [2.05, 4.69) is 0 Å². The van der Waals surface area contributed by atoms with Gasteiger partial charge in [0.25, 0.3) is 0 Å². The second kappa shape index (κ2) is 6.15. The highest BCUT2D eigenvalue weighted by atomic mass is 32.2. The van der Waals surface area contributed by atoms with Gasteiger partial charge in [0.2, 0.25) is 10.0 Å². The number of rotatable bonds is 5. The minimum Gasteiger partial charge on any atom is -0.508 e. The van der Waals surface area contributed by atoms with Crippen molar-refractivity contribution in [3.8, 4) is 11.5 Å². The molecule has 0 amide bonds. The fourth-order valence-electron chi connectivity index (χ4n) is 1.98. The first-order valence-corrected chi connectivity index (χ1v) is 7.76. The van der Waals surface area contributed by atoms with Crippen molar-refractivity contribution in [1.82, 2.24) is 4.31 Å². The number of methoxy groups -OCH3 is 1. The van der Waals surface area contributed by atoms with Crippen LogP contribution >= 0.6 is 0 Å². The Morgan fingerprint density at radius 3 is 2.52 bits per heavy atom. The molecule has 0 heterocycles. The third kappa shape index (κ3) is 3.34. The minimum absolute atomic E-state index is 0.0555. The first-order chi connectivity index (χ1) is 9.95. The molecule has 0 spiro atoms. The zero-order valence-electron chi connectivity index (χ0n) is 11.9. The van der Waals surface area contributed by atoms with Gasteiger partial charge in [0.15, 0.2) is 0 Å². The number of nitrogens with zero attached hydrogens (tertiary/aromatic N) is 1. The summed E-state index contributed by atoms with van der Waals surface area (Å²) in [7, 11) is -0.631. The first-order valence-electron chi connectivity index (χ1n) is 6.32. The van der Waals surface area contributed by atoms with Gasteiger partial charge in [-0.2, -0.15) is 4.31 Å². The summed E-state index contributed by atoms with van der Waals surface area (Å²) in [5, 5.41) is 9.43. The van der Waals surface area contributed by atoms with Crippen molar-refractivity contribution in [3.05, 3.63) is 54.1 Å². The van der Waals surface area contributed by atoms with Crippen LogP contribution in [0.3, 0.4) is 0 Å². The molecule has 0 saturated heterocycles. The molecular formula is C15H17NO4S. The molecular weight excluding hydrogens is 290 g/mol. The minimum atomic E-state index is -3.67. The van der Waals surface area contributed by atoms with Crippen LogP contribution in [0.5, 0.6) is 11.5 Å². The summed E-state index contributed by atoms with van der Waals surface area (Å²) in [6.45, 7) is 0.183. The van der Waals surface area contributed by atoms with Crippen LogP contribution in [0, 0.1) is 0 Å². The largest absolute Gasteiger partial charge is 0.508 e. The van der Waals surface area contributed by atoms with Crippen LogP contribution in [-0.4, -0.2) is 32.0 Å². The summed E-state index contributed by atoms with van der Waals surface area (Å²) < 4.78 is 31.4. The van der Waals surface area contributed by atoms with E-state index < -0.39 is 10.0 Å². The molecule has 0 bridgehead atoms.